The lowest BCUT2D eigenvalue weighted by Crippen LogP contribution is -2.00. The van der Waals surface area contributed by atoms with Gasteiger partial charge in [0.25, 0.3) is 0 Å². The van der Waals surface area contributed by atoms with Crippen LogP contribution in [0.2, 0.25) is 0 Å². The molecule has 90 valence electrons. The standard InChI is InChI=1S/C16H16N2/c1-12-14(9-10-16(18)15(12)11-17)8-7-13-5-3-2-4-6-13/h2-6,9-10H,7-8,18H2,1H3. The van der Waals surface area contributed by atoms with E-state index in [1.54, 1.807) is 0 Å². The van der Waals surface area contributed by atoms with Crippen LogP contribution in [0.1, 0.15) is 22.3 Å². The third-order valence-corrected chi connectivity index (χ3v) is 3.25. The lowest BCUT2D eigenvalue weighted by atomic mass is 9.96. The Bertz CT molecular complexity index is 580. The first-order chi connectivity index (χ1) is 8.72. The summed E-state index contributed by atoms with van der Waals surface area (Å²) in [4.78, 5) is 0. The molecule has 0 aromatic heterocycles. The zero-order valence-corrected chi connectivity index (χ0v) is 10.5. The van der Waals surface area contributed by atoms with E-state index < -0.39 is 0 Å². The summed E-state index contributed by atoms with van der Waals surface area (Å²) < 4.78 is 0. The molecule has 0 fully saturated rings. The average molecular weight is 236 g/mol. The van der Waals surface area contributed by atoms with Crippen molar-refractivity contribution in [3.8, 4) is 6.07 Å². The minimum Gasteiger partial charge on any atom is -0.398 e. The molecule has 0 spiro atoms. The third kappa shape index (κ3) is 2.52. The number of nitrogen functional groups attached to an aromatic ring is 1. The van der Waals surface area contributed by atoms with Gasteiger partial charge in [-0.1, -0.05) is 36.4 Å². The molecule has 0 atom stereocenters. The van der Waals surface area contributed by atoms with E-state index in [0.29, 0.717) is 11.3 Å². The summed E-state index contributed by atoms with van der Waals surface area (Å²) in [5, 5.41) is 9.08. The summed E-state index contributed by atoms with van der Waals surface area (Å²) in [5.74, 6) is 0. The van der Waals surface area contributed by atoms with Gasteiger partial charge in [0.05, 0.1) is 5.56 Å². The first-order valence-electron chi connectivity index (χ1n) is 6.04. The van der Waals surface area contributed by atoms with Gasteiger partial charge in [-0.25, -0.2) is 0 Å². The van der Waals surface area contributed by atoms with Crippen molar-refractivity contribution in [3.05, 3.63) is 64.7 Å². The largest absolute Gasteiger partial charge is 0.398 e. The Morgan fingerprint density at radius 2 is 1.78 bits per heavy atom. The van der Waals surface area contributed by atoms with Crippen molar-refractivity contribution in [1.82, 2.24) is 0 Å². The van der Waals surface area contributed by atoms with Crippen LogP contribution in [0.5, 0.6) is 0 Å². The Morgan fingerprint density at radius 1 is 1.06 bits per heavy atom. The van der Waals surface area contributed by atoms with Gasteiger partial charge in [-0.15, -0.1) is 0 Å². The molecule has 2 nitrogen and oxygen atoms in total. The molecule has 0 amide bonds. The highest BCUT2D eigenvalue weighted by Crippen LogP contribution is 2.21. The van der Waals surface area contributed by atoms with Gasteiger partial charge in [0.15, 0.2) is 0 Å². The summed E-state index contributed by atoms with van der Waals surface area (Å²) in [7, 11) is 0. The third-order valence-electron chi connectivity index (χ3n) is 3.25. The van der Waals surface area contributed by atoms with Gasteiger partial charge in [0.1, 0.15) is 6.07 Å². The minimum atomic E-state index is 0.568. The molecular formula is C16H16N2. The van der Waals surface area contributed by atoms with Crippen LogP contribution in [-0.4, -0.2) is 0 Å². The first-order valence-corrected chi connectivity index (χ1v) is 6.04. The van der Waals surface area contributed by atoms with Crippen molar-refractivity contribution < 1.29 is 0 Å². The number of hydrogen-bond donors (Lipinski definition) is 1. The van der Waals surface area contributed by atoms with E-state index in [9.17, 15) is 0 Å². The van der Waals surface area contributed by atoms with E-state index in [1.165, 1.54) is 11.1 Å². The molecular weight excluding hydrogens is 220 g/mol. The molecule has 2 rings (SSSR count). The van der Waals surface area contributed by atoms with Crippen LogP contribution in [-0.2, 0) is 12.8 Å². The Hall–Kier alpha value is -2.27. The fourth-order valence-corrected chi connectivity index (χ4v) is 2.12. The molecule has 18 heavy (non-hydrogen) atoms. The molecule has 2 aromatic rings. The fourth-order valence-electron chi connectivity index (χ4n) is 2.12. The highest BCUT2D eigenvalue weighted by atomic mass is 14.6. The van der Waals surface area contributed by atoms with Crippen molar-refractivity contribution in [1.29, 1.82) is 5.26 Å². The number of nitrogens with two attached hydrogens (primary N) is 1. The topological polar surface area (TPSA) is 49.8 Å². The predicted molar refractivity (Wildman–Crippen MR) is 74.2 cm³/mol. The molecule has 0 bridgehead atoms. The zero-order valence-electron chi connectivity index (χ0n) is 10.5. The predicted octanol–water partition coefficient (Wildman–Crippen LogP) is 3.23. The molecule has 2 aromatic carbocycles. The van der Waals surface area contributed by atoms with Crippen LogP contribution in [0.4, 0.5) is 5.69 Å². The van der Waals surface area contributed by atoms with E-state index in [2.05, 4.69) is 18.2 Å². The number of nitrogens with zero attached hydrogens (tertiary/aromatic N) is 1. The van der Waals surface area contributed by atoms with Gasteiger partial charge in [-0.3, -0.25) is 0 Å². The molecule has 0 radical (unpaired) electrons. The van der Waals surface area contributed by atoms with E-state index in [0.717, 1.165) is 18.4 Å². The van der Waals surface area contributed by atoms with Crippen LogP contribution < -0.4 is 5.73 Å². The van der Waals surface area contributed by atoms with Crippen LogP contribution >= 0.6 is 0 Å². The number of aryl methyl sites for hydroxylation is 2. The molecule has 2 N–H and O–H groups in total. The monoisotopic (exact) mass is 236 g/mol. The Morgan fingerprint density at radius 3 is 2.44 bits per heavy atom. The van der Waals surface area contributed by atoms with Crippen molar-refractivity contribution >= 4 is 5.69 Å². The normalized spacial score (nSPS) is 10.0. The summed E-state index contributed by atoms with van der Waals surface area (Å²) in [5.41, 5.74) is 10.5. The zero-order chi connectivity index (χ0) is 13.0. The van der Waals surface area contributed by atoms with Gasteiger partial charge < -0.3 is 5.73 Å². The lowest BCUT2D eigenvalue weighted by Gasteiger charge is -2.09. The SMILES string of the molecule is Cc1c(CCc2ccccc2)ccc(N)c1C#N. The molecule has 0 aliphatic heterocycles. The van der Waals surface area contributed by atoms with Crippen molar-refractivity contribution in [2.24, 2.45) is 0 Å². The van der Waals surface area contributed by atoms with E-state index in [4.69, 9.17) is 11.0 Å². The summed E-state index contributed by atoms with van der Waals surface area (Å²) in [6, 6.07) is 16.4. The van der Waals surface area contributed by atoms with Gasteiger partial charge in [0.2, 0.25) is 0 Å². The second-order valence-electron chi connectivity index (χ2n) is 4.41. The second-order valence-corrected chi connectivity index (χ2v) is 4.41. The van der Waals surface area contributed by atoms with E-state index >= 15 is 0 Å². The first kappa shape index (κ1) is 12.2. The molecule has 0 saturated heterocycles. The Balaban J connectivity index is 2.19. The van der Waals surface area contributed by atoms with Crippen LogP contribution in [0.25, 0.3) is 0 Å². The fraction of sp³-hybridized carbons (Fsp3) is 0.188. The van der Waals surface area contributed by atoms with Crippen LogP contribution in [0.3, 0.4) is 0 Å². The number of nitriles is 1. The number of anilines is 1. The number of rotatable bonds is 3. The van der Waals surface area contributed by atoms with Gasteiger partial charge in [-0.2, -0.15) is 5.26 Å². The van der Waals surface area contributed by atoms with Gasteiger partial charge >= 0.3 is 0 Å². The Labute approximate surface area is 108 Å². The van der Waals surface area contributed by atoms with E-state index in [-0.39, 0.29) is 0 Å². The quantitative estimate of drug-likeness (QED) is 0.832. The maximum atomic E-state index is 9.08. The van der Waals surface area contributed by atoms with Crippen molar-refractivity contribution in [2.75, 3.05) is 5.73 Å². The van der Waals surface area contributed by atoms with Crippen molar-refractivity contribution in [2.45, 2.75) is 19.8 Å². The van der Waals surface area contributed by atoms with Gasteiger partial charge in [0, 0.05) is 5.69 Å². The average Bonchev–Trinajstić information content (AvgIpc) is 2.40. The summed E-state index contributed by atoms with van der Waals surface area (Å²) >= 11 is 0. The molecule has 0 unspecified atom stereocenters. The maximum absolute atomic E-state index is 9.08. The molecule has 2 heteroatoms. The van der Waals surface area contributed by atoms with Crippen molar-refractivity contribution in [3.63, 3.8) is 0 Å². The number of hydrogen-bond acceptors (Lipinski definition) is 2. The molecule has 0 heterocycles. The smallest absolute Gasteiger partial charge is 0.102 e. The lowest BCUT2D eigenvalue weighted by molar-refractivity contribution is 0.948. The highest BCUT2D eigenvalue weighted by Gasteiger charge is 2.07. The second kappa shape index (κ2) is 5.37. The van der Waals surface area contributed by atoms with Gasteiger partial charge in [-0.05, 0) is 42.5 Å². The number of benzene rings is 2. The van der Waals surface area contributed by atoms with Crippen LogP contribution in [0.15, 0.2) is 42.5 Å². The molecule has 0 aliphatic rings. The molecule has 0 aliphatic carbocycles. The summed E-state index contributed by atoms with van der Waals surface area (Å²) in [6.07, 6.45) is 1.92. The Kier molecular flexibility index (Phi) is 3.64. The minimum absolute atomic E-state index is 0.568. The summed E-state index contributed by atoms with van der Waals surface area (Å²) in [6.45, 7) is 1.97. The molecule has 0 saturated carbocycles. The van der Waals surface area contributed by atoms with Crippen LogP contribution in [0, 0.1) is 18.3 Å². The highest BCUT2D eigenvalue weighted by molar-refractivity contribution is 5.59. The maximum Gasteiger partial charge on any atom is 0.102 e. The van der Waals surface area contributed by atoms with E-state index in [1.807, 2.05) is 37.3 Å².